The first-order valence-electron chi connectivity index (χ1n) is 5.62. The maximum Gasteiger partial charge on any atom is 0.417 e. The Morgan fingerprint density at radius 1 is 1.37 bits per heavy atom. The second-order valence-corrected chi connectivity index (χ2v) is 4.03. The molecule has 3 aromatic rings. The van der Waals surface area contributed by atoms with E-state index in [1.807, 2.05) is 0 Å². The van der Waals surface area contributed by atoms with Crippen molar-refractivity contribution in [3.05, 3.63) is 46.7 Å². The first-order chi connectivity index (χ1) is 9.20. The normalized spacial score (nSPS) is 10.7. The summed E-state index contributed by atoms with van der Waals surface area (Å²) in [6, 6.07) is 6.67. The zero-order valence-electron chi connectivity index (χ0n) is 9.77. The van der Waals surface area contributed by atoms with Gasteiger partial charge >= 0.3 is 5.76 Å². The van der Waals surface area contributed by atoms with Crippen molar-refractivity contribution in [2.45, 2.75) is 6.42 Å². The Kier molecular flexibility index (Phi) is 2.64. The fourth-order valence-electron chi connectivity index (χ4n) is 1.79. The summed E-state index contributed by atoms with van der Waals surface area (Å²) in [6.07, 6.45) is 1.80. The summed E-state index contributed by atoms with van der Waals surface area (Å²) in [6.45, 7) is 0. The van der Waals surface area contributed by atoms with Crippen molar-refractivity contribution in [2.24, 2.45) is 0 Å². The summed E-state index contributed by atoms with van der Waals surface area (Å²) >= 11 is 0. The molecule has 1 aromatic carbocycles. The highest BCUT2D eigenvalue weighted by Crippen LogP contribution is 2.16. The van der Waals surface area contributed by atoms with Gasteiger partial charge in [-0.15, -0.1) is 0 Å². The van der Waals surface area contributed by atoms with Gasteiger partial charge in [-0.3, -0.25) is 14.9 Å². The van der Waals surface area contributed by atoms with Crippen LogP contribution in [0.2, 0.25) is 0 Å². The maximum absolute atomic E-state index is 11.8. The summed E-state index contributed by atoms with van der Waals surface area (Å²) < 4.78 is 4.88. The van der Waals surface area contributed by atoms with Crippen molar-refractivity contribution in [3.8, 4) is 0 Å². The highest BCUT2D eigenvalue weighted by Gasteiger charge is 2.07. The van der Waals surface area contributed by atoms with E-state index in [9.17, 15) is 9.59 Å². The molecule has 0 fully saturated rings. The molecule has 0 bridgehead atoms. The molecule has 7 nitrogen and oxygen atoms in total. The van der Waals surface area contributed by atoms with Crippen LogP contribution in [0.5, 0.6) is 0 Å². The van der Waals surface area contributed by atoms with E-state index in [-0.39, 0.29) is 12.3 Å². The molecule has 7 heteroatoms. The fourth-order valence-corrected chi connectivity index (χ4v) is 1.79. The van der Waals surface area contributed by atoms with Gasteiger partial charge in [-0.25, -0.2) is 4.79 Å². The molecule has 3 rings (SSSR count). The molecule has 0 aliphatic heterocycles. The zero-order valence-corrected chi connectivity index (χ0v) is 9.77. The van der Waals surface area contributed by atoms with E-state index in [1.165, 1.54) is 0 Å². The molecular weight excluding hydrogens is 248 g/mol. The van der Waals surface area contributed by atoms with Crippen LogP contribution in [-0.4, -0.2) is 21.1 Å². The highest BCUT2D eigenvalue weighted by atomic mass is 16.4. The molecule has 0 radical (unpaired) electrons. The van der Waals surface area contributed by atoms with Crippen molar-refractivity contribution in [3.63, 3.8) is 0 Å². The van der Waals surface area contributed by atoms with Crippen LogP contribution in [0.3, 0.4) is 0 Å². The summed E-state index contributed by atoms with van der Waals surface area (Å²) in [5.74, 6) is -0.689. The van der Waals surface area contributed by atoms with Crippen molar-refractivity contribution in [1.82, 2.24) is 15.2 Å². The Bertz CT molecular complexity index is 770. The number of oxazole rings is 1. The summed E-state index contributed by atoms with van der Waals surface area (Å²) in [5, 5.41) is 9.21. The Morgan fingerprint density at radius 2 is 2.26 bits per heavy atom. The van der Waals surface area contributed by atoms with E-state index in [0.717, 1.165) is 5.69 Å². The van der Waals surface area contributed by atoms with Crippen LogP contribution in [0.15, 0.2) is 39.7 Å². The van der Waals surface area contributed by atoms with Gasteiger partial charge in [0.25, 0.3) is 0 Å². The first kappa shape index (κ1) is 11.3. The van der Waals surface area contributed by atoms with Crippen LogP contribution in [0.4, 0.5) is 5.69 Å². The minimum atomic E-state index is -0.518. The predicted molar refractivity (Wildman–Crippen MR) is 67.8 cm³/mol. The summed E-state index contributed by atoms with van der Waals surface area (Å²) in [7, 11) is 0. The predicted octanol–water partition coefficient (Wildman–Crippen LogP) is 1.03. The van der Waals surface area contributed by atoms with Crippen LogP contribution in [0.1, 0.15) is 5.69 Å². The smallest absolute Gasteiger partial charge is 0.408 e. The largest absolute Gasteiger partial charge is 0.417 e. The SMILES string of the molecule is O=C(Cc1ccn[nH]1)Nc1ccc2oc(=O)[nH]c2c1. The van der Waals surface area contributed by atoms with Gasteiger partial charge in [0.1, 0.15) is 0 Å². The number of H-pyrrole nitrogens is 2. The summed E-state index contributed by atoms with van der Waals surface area (Å²) in [5.41, 5.74) is 2.32. The number of nitrogens with one attached hydrogen (secondary N) is 3. The number of hydrogen-bond donors (Lipinski definition) is 3. The van der Waals surface area contributed by atoms with Gasteiger partial charge in [0.2, 0.25) is 5.91 Å². The van der Waals surface area contributed by atoms with Gasteiger partial charge in [0.15, 0.2) is 5.58 Å². The molecule has 2 heterocycles. The lowest BCUT2D eigenvalue weighted by Gasteiger charge is -2.03. The first-order valence-corrected chi connectivity index (χ1v) is 5.62. The molecule has 0 spiro atoms. The Labute approximate surface area is 106 Å². The van der Waals surface area contributed by atoms with Crippen LogP contribution in [-0.2, 0) is 11.2 Å². The number of nitrogens with zero attached hydrogens (tertiary/aromatic N) is 1. The quantitative estimate of drug-likeness (QED) is 0.652. The molecule has 0 atom stereocenters. The summed E-state index contributed by atoms with van der Waals surface area (Å²) in [4.78, 5) is 25.3. The zero-order chi connectivity index (χ0) is 13.2. The number of carbonyl (C=O) groups excluding carboxylic acids is 1. The molecule has 2 aromatic heterocycles. The third-order valence-electron chi connectivity index (χ3n) is 2.61. The van der Waals surface area contributed by atoms with Gasteiger partial charge in [-0.1, -0.05) is 0 Å². The lowest BCUT2D eigenvalue weighted by molar-refractivity contribution is -0.115. The monoisotopic (exact) mass is 258 g/mol. The highest BCUT2D eigenvalue weighted by molar-refractivity contribution is 5.93. The molecule has 0 saturated heterocycles. The van der Waals surface area contributed by atoms with E-state index in [1.54, 1.807) is 30.5 Å². The number of carbonyl (C=O) groups is 1. The number of rotatable bonds is 3. The van der Waals surface area contributed by atoms with Crippen LogP contribution in [0.25, 0.3) is 11.1 Å². The maximum atomic E-state index is 11.8. The minimum absolute atomic E-state index is 0.172. The minimum Gasteiger partial charge on any atom is -0.408 e. The van der Waals surface area contributed by atoms with Crippen molar-refractivity contribution in [1.29, 1.82) is 0 Å². The molecule has 0 saturated carbocycles. The number of amides is 1. The Hall–Kier alpha value is -2.83. The van der Waals surface area contributed by atoms with Gasteiger partial charge in [-0.05, 0) is 24.3 Å². The molecule has 0 aliphatic carbocycles. The van der Waals surface area contributed by atoms with E-state index in [0.29, 0.717) is 16.8 Å². The van der Waals surface area contributed by atoms with Gasteiger partial charge in [0.05, 0.1) is 11.9 Å². The fraction of sp³-hybridized carbons (Fsp3) is 0.0833. The topological polar surface area (TPSA) is 104 Å². The van der Waals surface area contributed by atoms with Crippen LogP contribution in [0, 0.1) is 0 Å². The number of aromatic nitrogens is 3. The van der Waals surface area contributed by atoms with Crippen molar-refractivity contribution < 1.29 is 9.21 Å². The molecule has 96 valence electrons. The average molecular weight is 258 g/mol. The molecule has 1 amide bonds. The van der Waals surface area contributed by atoms with Gasteiger partial charge in [-0.2, -0.15) is 5.10 Å². The lowest BCUT2D eigenvalue weighted by atomic mass is 10.2. The van der Waals surface area contributed by atoms with Crippen molar-refractivity contribution in [2.75, 3.05) is 5.32 Å². The van der Waals surface area contributed by atoms with E-state index >= 15 is 0 Å². The molecular formula is C12H10N4O3. The Balaban J connectivity index is 1.77. The van der Waals surface area contributed by atoms with Crippen LogP contribution >= 0.6 is 0 Å². The lowest BCUT2D eigenvalue weighted by Crippen LogP contribution is -2.14. The van der Waals surface area contributed by atoms with Gasteiger partial charge in [0, 0.05) is 17.6 Å². The van der Waals surface area contributed by atoms with Crippen LogP contribution < -0.4 is 11.1 Å². The second kappa shape index (κ2) is 4.45. The van der Waals surface area contributed by atoms with E-state index < -0.39 is 5.76 Å². The number of anilines is 1. The van der Waals surface area contributed by atoms with Crippen molar-refractivity contribution >= 4 is 22.7 Å². The third kappa shape index (κ3) is 2.39. The number of fused-ring (bicyclic) bond motifs is 1. The molecule has 0 unspecified atom stereocenters. The van der Waals surface area contributed by atoms with Gasteiger partial charge < -0.3 is 9.73 Å². The molecule has 19 heavy (non-hydrogen) atoms. The number of benzene rings is 1. The molecule has 0 aliphatic rings. The second-order valence-electron chi connectivity index (χ2n) is 4.03. The standard InChI is InChI=1S/C12H10N4O3/c17-11(6-8-3-4-13-16-8)14-7-1-2-10-9(5-7)15-12(18)19-10/h1-5H,6H2,(H,13,16)(H,14,17)(H,15,18). The number of aromatic amines is 2. The third-order valence-corrected chi connectivity index (χ3v) is 2.61. The molecule has 3 N–H and O–H groups in total. The number of hydrogen-bond acceptors (Lipinski definition) is 4. The van der Waals surface area contributed by atoms with E-state index in [4.69, 9.17) is 4.42 Å². The van der Waals surface area contributed by atoms with E-state index in [2.05, 4.69) is 20.5 Å². The Morgan fingerprint density at radius 3 is 3.05 bits per heavy atom. The average Bonchev–Trinajstić information content (AvgIpc) is 2.96.